The van der Waals surface area contributed by atoms with Crippen LogP contribution in [0.1, 0.15) is 13.8 Å². The van der Waals surface area contributed by atoms with E-state index in [2.05, 4.69) is 77.6 Å². The molecule has 0 aromatic carbocycles. The molecule has 13 heavy (non-hydrogen) atoms. The van der Waals surface area contributed by atoms with Gasteiger partial charge in [-0.3, -0.25) is 0 Å². The predicted octanol–water partition coefficient (Wildman–Crippen LogP) is 4.10. The summed E-state index contributed by atoms with van der Waals surface area (Å²) in [6.45, 7) is 5.66. The average Bonchev–Trinajstić information content (AvgIpc) is 2.03. The van der Waals surface area contributed by atoms with E-state index >= 15 is 0 Å². The van der Waals surface area contributed by atoms with Crippen LogP contribution in [-0.4, -0.2) is 32.5 Å². The maximum atomic E-state index is 5.53. The first-order chi connectivity index (χ1) is 5.95. The van der Waals surface area contributed by atoms with Crippen molar-refractivity contribution in [3.05, 3.63) is 0 Å². The van der Waals surface area contributed by atoms with Gasteiger partial charge in [0.25, 0.3) is 0 Å². The topological polar surface area (TPSA) is 9.23 Å². The molecule has 1 nitrogen and oxygen atoms in total. The average molecular weight is 446 g/mol. The molecule has 4 atom stereocenters. The monoisotopic (exact) mass is 442 g/mol. The van der Waals surface area contributed by atoms with Crippen LogP contribution in [0.3, 0.4) is 0 Å². The van der Waals surface area contributed by atoms with E-state index in [9.17, 15) is 0 Å². The molecule has 0 aromatic rings. The van der Waals surface area contributed by atoms with E-state index in [0.29, 0.717) is 19.3 Å². The van der Waals surface area contributed by atoms with Gasteiger partial charge in [-0.15, -0.1) is 0 Å². The summed E-state index contributed by atoms with van der Waals surface area (Å²) in [7, 11) is 0. The third kappa shape index (κ3) is 7.77. The molecule has 80 valence electrons. The Morgan fingerprint density at radius 2 is 1.15 bits per heavy atom. The van der Waals surface area contributed by atoms with Crippen LogP contribution < -0.4 is 0 Å². The largest absolute Gasteiger partial charge is 0.379 e. The molecule has 0 amide bonds. The fraction of sp³-hybridized carbons (Fsp3) is 1.00. The summed E-state index contributed by atoms with van der Waals surface area (Å²) in [5, 5.41) is 0. The minimum Gasteiger partial charge on any atom is -0.379 e. The molecular formula is C8H14Br4O. The zero-order chi connectivity index (χ0) is 10.4. The minimum absolute atomic E-state index is 0.373. The Kier molecular flexibility index (Phi) is 9.25. The summed E-state index contributed by atoms with van der Waals surface area (Å²) in [4.78, 5) is 1.61. The van der Waals surface area contributed by atoms with Gasteiger partial charge in [-0.1, -0.05) is 77.6 Å². The van der Waals surface area contributed by atoms with Gasteiger partial charge >= 0.3 is 0 Å². The molecule has 0 saturated heterocycles. The lowest BCUT2D eigenvalue weighted by atomic mass is 10.3. The van der Waals surface area contributed by atoms with Gasteiger partial charge in [0, 0.05) is 9.65 Å². The highest BCUT2D eigenvalue weighted by atomic mass is 79.9. The third-order valence-corrected chi connectivity index (χ3v) is 6.36. The quantitative estimate of drug-likeness (QED) is 0.559. The number of ether oxygens (including phenoxy) is 1. The Bertz CT molecular complexity index is 115. The normalized spacial score (nSPS) is 20.8. The first-order valence-electron chi connectivity index (χ1n) is 4.09. The molecule has 0 rings (SSSR count). The van der Waals surface area contributed by atoms with Crippen molar-refractivity contribution in [1.82, 2.24) is 0 Å². The fourth-order valence-corrected chi connectivity index (χ4v) is 1.24. The van der Waals surface area contributed by atoms with Crippen molar-refractivity contribution in [3.8, 4) is 0 Å². The number of hydrogen-bond donors (Lipinski definition) is 0. The number of halogens is 4. The van der Waals surface area contributed by atoms with Gasteiger partial charge in [-0.05, 0) is 0 Å². The van der Waals surface area contributed by atoms with Crippen LogP contribution in [0.25, 0.3) is 0 Å². The van der Waals surface area contributed by atoms with Gasteiger partial charge in [0.1, 0.15) is 0 Å². The highest BCUT2D eigenvalue weighted by Gasteiger charge is 2.14. The van der Waals surface area contributed by atoms with Crippen molar-refractivity contribution in [3.63, 3.8) is 0 Å². The van der Waals surface area contributed by atoms with Crippen LogP contribution in [-0.2, 0) is 4.74 Å². The van der Waals surface area contributed by atoms with Crippen LogP contribution >= 0.6 is 63.7 Å². The van der Waals surface area contributed by atoms with Gasteiger partial charge in [0.15, 0.2) is 0 Å². The third-order valence-electron chi connectivity index (χ3n) is 1.55. The molecule has 0 aromatic heterocycles. The van der Waals surface area contributed by atoms with E-state index in [-0.39, 0.29) is 0 Å². The molecular weight excluding hydrogens is 432 g/mol. The van der Waals surface area contributed by atoms with Crippen LogP contribution in [0.15, 0.2) is 0 Å². The van der Waals surface area contributed by atoms with Gasteiger partial charge in [-0.2, -0.15) is 0 Å². The highest BCUT2D eigenvalue weighted by Crippen LogP contribution is 2.16. The van der Waals surface area contributed by atoms with Crippen molar-refractivity contribution >= 4 is 63.7 Å². The van der Waals surface area contributed by atoms with Crippen LogP contribution in [0, 0.1) is 0 Å². The molecule has 5 heteroatoms. The SMILES string of the molecule is CC(Br)C(Br)COCC(Br)C(C)Br. The van der Waals surface area contributed by atoms with E-state index in [4.69, 9.17) is 4.74 Å². The summed E-state index contributed by atoms with van der Waals surface area (Å²) in [5.74, 6) is 0. The van der Waals surface area contributed by atoms with Crippen molar-refractivity contribution in [2.45, 2.75) is 33.2 Å². The minimum atomic E-state index is 0.373. The van der Waals surface area contributed by atoms with Crippen LogP contribution in [0.4, 0.5) is 0 Å². The van der Waals surface area contributed by atoms with Gasteiger partial charge in [0.05, 0.1) is 22.9 Å². The molecule has 0 aliphatic rings. The molecule has 0 saturated carbocycles. The second-order valence-electron chi connectivity index (χ2n) is 2.92. The van der Waals surface area contributed by atoms with E-state index < -0.39 is 0 Å². The first kappa shape index (κ1) is 14.9. The maximum Gasteiger partial charge on any atom is 0.0602 e. The lowest BCUT2D eigenvalue weighted by Crippen LogP contribution is -2.23. The molecule has 0 heterocycles. The van der Waals surface area contributed by atoms with E-state index in [1.807, 2.05) is 0 Å². The smallest absolute Gasteiger partial charge is 0.0602 e. The molecule has 0 radical (unpaired) electrons. The zero-order valence-corrected chi connectivity index (χ0v) is 14.0. The van der Waals surface area contributed by atoms with Gasteiger partial charge < -0.3 is 4.74 Å². The van der Waals surface area contributed by atoms with E-state index in [0.717, 1.165) is 13.2 Å². The summed E-state index contributed by atoms with van der Waals surface area (Å²) in [6, 6.07) is 0. The second kappa shape index (κ2) is 8.08. The van der Waals surface area contributed by atoms with E-state index in [1.54, 1.807) is 0 Å². The van der Waals surface area contributed by atoms with Crippen LogP contribution in [0.5, 0.6) is 0 Å². The van der Waals surface area contributed by atoms with Crippen molar-refractivity contribution in [2.24, 2.45) is 0 Å². The van der Waals surface area contributed by atoms with Crippen molar-refractivity contribution in [1.29, 1.82) is 0 Å². The number of rotatable bonds is 6. The molecule has 0 N–H and O–H groups in total. The molecule has 4 unspecified atom stereocenters. The molecule has 0 bridgehead atoms. The summed E-state index contributed by atoms with van der Waals surface area (Å²) < 4.78 is 5.53. The van der Waals surface area contributed by atoms with Gasteiger partial charge in [0.2, 0.25) is 0 Å². The summed E-state index contributed by atoms with van der Waals surface area (Å²) >= 11 is 14.0. The van der Waals surface area contributed by atoms with Crippen LogP contribution in [0.2, 0.25) is 0 Å². The maximum absolute atomic E-state index is 5.53. The molecule has 0 spiro atoms. The van der Waals surface area contributed by atoms with Crippen molar-refractivity contribution < 1.29 is 4.74 Å². The highest BCUT2D eigenvalue weighted by molar-refractivity contribution is 9.12. The van der Waals surface area contributed by atoms with E-state index in [1.165, 1.54) is 0 Å². The molecule has 0 aliphatic carbocycles. The Morgan fingerprint density at radius 3 is 1.38 bits per heavy atom. The second-order valence-corrected chi connectivity index (χ2v) is 8.17. The predicted molar refractivity (Wildman–Crippen MR) is 73.0 cm³/mol. The molecule has 0 aliphatic heterocycles. The lowest BCUT2D eigenvalue weighted by Gasteiger charge is -2.16. The Balaban J connectivity index is 3.45. The lowest BCUT2D eigenvalue weighted by molar-refractivity contribution is 0.139. The fourth-order valence-electron chi connectivity index (χ4n) is 0.558. The van der Waals surface area contributed by atoms with Gasteiger partial charge in [-0.25, -0.2) is 0 Å². The number of alkyl halides is 4. The zero-order valence-electron chi connectivity index (χ0n) is 7.64. The Morgan fingerprint density at radius 1 is 0.846 bits per heavy atom. The summed E-state index contributed by atoms with van der Waals surface area (Å²) in [5.41, 5.74) is 0. The Labute approximate surface area is 114 Å². The first-order valence-corrected chi connectivity index (χ1v) is 7.75. The Hall–Kier alpha value is 1.88. The number of hydrogen-bond acceptors (Lipinski definition) is 1. The standard InChI is InChI=1S/C8H14Br4O/c1-5(9)7(11)3-13-4-8(12)6(2)10/h5-8H,3-4H2,1-2H3. The van der Waals surface area contributed by atoms with Crippen molar-refractivity contribution in [2.75, 3.05) is 13.2 Å². The summed E-state index contributed by atoms with van der Waals surface area (Å²) in [6.07, 6.45) is 0. The molecule has 0 fully saturated rings.